The Kier molecular flexibility index (Phi) is 9.41. The summed E-state index contributed by atoms with van der Waals surface area (Å²) in [7, 11) is 0. The maximum atomic E-state index is 12.3. The highest BCUT2D eigenvalue weighted by Crippen LogP contribution is 2.18. The van der Waals surface area contributed by atoms with Crippen LogP contribution in [-0.4, -0.2) is 22.0 Å². The highest BCUT2D eigenvalue weighted by atomic mass is 35.5. The van der Waals surface area contributed by atoms with Crippen molar-refractivity contribution in [3.8, 4) is 0 Å². The highest BCUT2D eigenvalue weighted by molar-refractivity contribution is 6.30. The molecule has 0 unspecified atom stereocenters. The number of carbonyl (C=O) groups excluding carboxylic acids is 1. The number of halogens is 1. The fourth-order valence-corrected chi connectivity index (χ4v) is 4.08. The maximum absolute atomic E-state index is 12.3. The van der Waals surface area contributed by atoms with E-state index in [4.69, 9.17) is 16.6 Å². The summed E-state index contributed by atoms with van der Waals surface area (Å²) in [5.41, 5.74) is 3.19. The summed E-state index contributed by atoms with van der Waals surface area (Å²) < 4.78 is 2.34. The Morgan fingerprint density at radius 3 is 2.45 bits per heavy atom. The molecular formula is C26H34ClN3O. The van der Waals surface area contributed by atoms with Crippen LogP contribution in [0.15, 0.2) is 48.5 Å². The minimum atomic E-state index is 0.0251. The first kappa shape index (κ1) is 23.3. The van der Waals surface area contributed by atoms with Gasteiger partial charge in [0, 0.05) is 24.5 Å². The molecule has 0 atom stereocenters. The van der Waals surface area contributed by atoms with Crippen molar-refractivity contribution in [2.75, 3.05) is 6.54 Å². The number of hydrogen-bond acceptors (Lipinski definition) is 2. The zero-order valence-corrected chi connectivity index (χ0v) is 19.3. The van der Waals surface area contributed by atoms with E-state index in [9.17, 15) is 4.79 Å². The summed E-state index contributed by atoms with van der Waals surface area (Å²) in [5, 5.41) is 3.72. The van der Waals surface area contributed by atoms with Crippen molar-refractivity contribution >= 4 is 28.5 Å². The number of fused-ring (bicyclic) bond motifs is 1. The van der Waals surface area contributed by atoms with Crippen molar-refractivity contribution in [2.24, 2.45) is 0 Å². The fraction of sp³-hybridized carbons (Fsp3) is 0.462. The van der Waals surface area contributed by atoms with Crippen LogP contribution in [-0.2, 0) is 24.2 Å². The molecule has 1 amide bonds. The third-order valence-corrected chi connectivity index (χ3v) is 5.92. The Labute approximate surface area is 191 Å². The van der Waals surface area contributed by atoms with Gasteiger partial charge in [-0.25, -0.2) is 4.98 Å². The Bertz CT molecular complexity index is 949. The molecule has 0 fully saturated rings. The van der Waals surface area contributed by atoms with Gasteiger partial charge in [0.05, 0.1) is 17.5 Å². The monoisotopic (exact) mass is 439 g/mol. The molecule has 0 spiro atoms. The second-order valence-corrected chi connectivity index (χ2v) is 8.63. The summed E-state index contributed by atoms with van der Waals surface area (Å²) >= 11 is 5.91. The molecule has 31 heavy (non-hydrogen) atoms. The standard InChI is InChI=1S/C26H34ClN3O/c1-2-3-4-5-6-7-10-19-30-24-12-9-8-11-23(24)29-25(30)17-18-28-26(31)20-21-13-15-22(27)16-14-21/h8-9,11-16H,2-7,10,17-20H2,1H3,(H,28,31). The zero-order valence-electron chi connectivity index (χ0n) is 18.6. The number of amides is 1. The van der Waals surface area contributed by atoms with Crippen molar-refractivity contribution in [3.05, 3.63) is 64.9 Å². The maximum Gasteiger partial charge on any atom is 0.224 e. The Hall–Kier alpha value is -2.33. The van der Waals surface area contributed by atoms with Crippen LogP contribution in [0.3, 0.4) is 0 Å². The van der Waals surface area contributed by atoms with E-state index in [2.05, 4.69) is 35.0 Å². The van der Waals surface area contributed by atoms with E-state index in [0.717, 1.165) is 29.9 Å². The quantitative estimate of drug-likeness (QED) is 0.316. The van der Waals surface area contributed by atoms with Crippen LogP contribution in [0.2, 0.25) is 5.02 Å². The van der Waals surface area contributed by atoms with Crippen molar-refractivity contribution in [3.63, 3.8) is 0 Å². The molecule has 1 N–H and O–H groups in total. The van der Waals surface area contributed by atoms with E-state index in [0.29, 0.717) is 18.0 Å². The number of nitrogens with zero attached hydrogens (tertiary/aromatic N) is 2. The molecule has 0 saturated heterocycles. The predicted octanol–water partition coefficient (Wildman–Crippen LogP) is 6.34. The van der Waals surface area contributed by atoms with Crippen LogP contribution >= 0.6 is 11.6 Å². The third-order valence-electron chi connectivity index (χ3n) is 5.67. The molecule has 0 aliphatic rings. The largest absolute Gasteiger partial charge is 0.355 e. The molecule has 166 valence electrons. The van der Waals surface area contributed by atoms with Gasteiger partial charge in [0.1, 0.15) is 5.82 Å². The van der Waals surface area contributed by atoms with E-state index >= 15 is 0 Å². The number of rotatable bonds is 13. The first-order valence-electron chi connectivity index (χ1n) is 11.6. The normalized spacial score (nSPS) is 11.2. The lowest BCUT2D eigenvalue weighted by Gasteiger charge is -2.10. The van der Waals surface area contributed by atoms with Gasteiger partial charge in [-0.2, -0.15) is 0 Å². The highest BCUT2D eigenvalue weighted by Gasteiger charge is 2.11. The van der Waals surface area contributed by atoms with E-state index in [1.807, 2.05) is 30.3 Å². The van der Waals surface area contributed by atoms with Crippen LogP contribution in [0.1, 0.15) is 63.3 Å². The second kappa shape index (κ2) is 12.5. The Morgan fingerprint density at radius 1 is 0.968 bits per heavy atom. The Morgan fingerprint density at radius 2 is 1.68 bits per heavy atom. The number of unbranched alkanes of at least 4 members (excludes halogenated alkanes) is 6. The number of para-hydroxylation sites is 2. The van der Waals surface area contributed by atoms with Crippen LogP contribution in [0.5, 0.6) is 0 Å². The summed E-state index contributed by atoms with van der Waals surface area (Å²) in [6.45, 7) is 3.83. The van der Waals surface area contributed by atoms with Gasteiger partial charge in [0.25, 0.3) is 0 Å². The van der Waals surface area contributed by atoms with E-state index in [1.165, 1.54) is 50.5 Å². The number of imidazole rings is 1. The molecule has 0 saturated carbocycles. The molecule has 2 aromatic carbocycles. The zero-order chi connectivity index (χ0) is 21.9. The molecule has 0 aliphatic heterocycles. The van der Waals surface area contributed by atoms with Crippen LogP contribution in [0.25, 0.3) is 11.0 Å². The molecule has 0 radical (unpaired) electrons. The van der Waals surface area contributed by atoms with Crippen LogP contribution in [0.4, 0.5) is 0 Å². The lowest BCUT2D eigenvalue weighted by Crippen LogP contribution is -2.28. The molecular weight excluding hydrogens is 406 g/mol. The SMILES string of the molecule is CCCCCCCCCn1c(CCNC(=O)Cc2ccc(Cl)cc2)nc2ccccc21. The van der Waals surface area contributed by atoms with Gasteiger partial charge in [-0.05, 0) is 36.2 Å². The van der Waals surface area contributed by atoms with Gasteiger partial charge in [0.2, 0.25) is 5.91 Å². The van der Waals surface area contributed by atoms with Gasteiger partial charge in [-0.3, -0.25) is 4.79 Å². The van der Waals surface area contributed by atoms with Gasteiger partial charge < -0.3 is 9.88 Å². The summed E-state index contributed by atoms with van der Waals surface area (Å²) in [4.78, 5) is 17.1. The average molecular weight is 440 g/mol. The summed E-state index contributed by atoms with van der Waals surface area (Å²) in [6.07, 6.45) is 10.2. The molecule has 5 heteroatoms. The topological polar surface area (TPSA) is 46.9 Å². The molecule has 0 aliphatic carbocycles. The number of nitrogens with one attached hydrogen (secondary N) is 1. The molecule has 4 nitrogen and oxygen atoms in total. The number of benzene rings is 2. The van der Waals surface area contributed by atoms with Gasteiger partial charge >= 0.3 is 0 Å². The van der Waals surface area contributed by atoms with Gasteiger partial charge in [-0.15, -0.1) is 0 Å². The second-order valence-electron chi connectivity index (χ2n) is 8.19. The fourth-order valence-electron chi connectivity index (χ4n) is 3.96. The first-order chi connectivity index (χ1) is 15.2. The predicted molar refractivity (Wildman–Crippen MR) is 130 cm³/mol. The first-order valence-corrected chi connectivity index (χ1v) is 12.0. The summed E-state index contributed by atoms with van der Waals surface area (Å²) in [5.74, 6) is 1.08. The van der Waals surface area contributed by atoms with Gasteiger partial charge in [-0.1, -0.05) is 81.3 Å². The average Bonchev–Trinajstić information content (AvgIpc) is 3.12. The van der Waals surface area contributed by atoms with Gasteiger partial charge in [0.15, 0.2) is 0 Å². The molecule has 0 bridgehead atoms. The van der Waals surface area contributed by atoms with Crippen LogP contribution < -0.4 is 5.32 Å². The molecule has 3 rings (SSSR count). The minimum Gasteiger partial charge on any atom is -0.355 e. The smallest absolute Gasteiger partial charge is 0.224 e. The van der Waals surface area contributed by atoms with Crippen molar-refractivity contribution in [1.82, 2.24) is 14.9 Å². The Balaban J connectivity index is 1.51. The number of hydrogen-bond donors (Lipinski definition) is 1. The van der Waals surface area contributed by atoms with Crippen molar-refractivity contribution in [1.29, 1.82) is 0 Å². The van der Waals surface area contributed by atoms with Crippen LogP contribution in [0, 0.1) is 0 Å². The molecule has 3 aromatic rings. The van der Waals surface area contributed by atoms with Crippen molar-refractivity contribution < 1.29 is 4.79 Å². The number of aryl methyl sites for hydroxylation is 1. The lowest BCUT2D eigenvalue weighted by atomic mass is 10.1. The number of aromatic nitrogens is 2. The van der Waals surface area contributed by atoms with Crippen molar-refractivity contribution in [2.45, 2.75) is 71.3 Å². The minimum absolute atomic E-state index is 0.0251. The van der Waals surface area contributed by atoms with E-state index in [1.54, 1.807) is 0 Å². The summed E-state index contributed by atoms with van der Waals surface area (Å²) in [6, 6.07) is 15.7. The third kappa shape index (κ3) is 7.39. The van der Waals surface area contributed by atoms with E-state index in [-0.39, 0.29) is 5.91 Å². The number of carbonyl (C=O) groups is 1. The molecule has 1 aromatic heterocycles. The van der Waals surface area contributed by atoms with E-state index < -0.39 is 0 Å². The lowest BCUT2D eigenvalue weighted by molar-refractivity contribution is -0.120. The molecule has 1 heterocycles.